The largest absolute Gasteiger partial charge is 0.335 e. The van der Waals surface area contributed by atoms with Crippen LogP contribution in [0.2, 0.25) is 0 Å². The van der Waals surface area contributed by atoms with E-state index in [4.69, 9.17) is 0 Å². The minimum absolute atomic E-state index is 0.0838. The fourth-order valence-corrected chi connectivity index (χ4v) is 4.22. The molecule has 0 atom stereocenters. The van der Waals surface area contributed by atoms with Gasteiger partial charge in [-0.1, -0.05) is 0 Å². The predicted molar refractivity (Wildman–Crippen MR) is 73.2 cm³/mol. The number of hydrogen-bond donors (Lipinski definition) is 3. The highest BCUT2D eigenvalue weighted by Crippen LogP contribution is 2.29. The lowest BCUT2D eigenvalue weighted by atomic mass is 9.80. The van der Waals surface area contributed by atoms with Gasteiger partial charge in [0.2, 0.25) is 0 Å². The van der Waals surface area contributed by atoms with Crippen LogP contribution in [0, 0.1) is 0 Å². The molecule has 0 radical (unpaired) electrons. The molecule has 0 amide bonds. The molecule has 108 valence electrons. The monoisotopic (exact) mass is 286 g/mol. The second-order valence-electron chi connectivity index (χ2n) is 6.54. The average Bonchev–Trinajstić information content (AvgIpc) is 2.62. The molecule has 3 N–H and O–H groups in total. The number of H-pyrrole nitrogens is 1. The standard InChI is InChI=1S/C12H22N4O2S/c1-11(2)5-9(6-12(3,4)16-11)15-19(17,18)10-7-13-8-14-10/h7-9,15-16H,5-6H2,1-4H3,(H,13,14). The van der Waals surface area contributed by atoms with E-state index in [2.05, 4.69) is 47.7 Å². The van der Waals surface area contributed by atoms with E-state index in [0.29, 0.717) is 0 Å². The number of piperidine rings is 1. The van der Waals surface area contributed by atoms with Crippen LogP contribution in [0.25, 0.3) is 0 Å². The maximum atomic E-state index is 12.2. The van der Waals surface area contributed by atoms with Crippen LogP contribution in [-0.2, 0) is 10.0 Å². The highest BCUT2D eigenvalue weighted by Gasteiger charge is 2.39. The minimum atomic E-state index is -3.51. The number of rotatable bonds is 3. The molecule has 2 heterocycles. The Morgan fingerprint density at radius 2 is 1.84 bits per heavy atom. The zero-order valence-corrected chi connectivity index (χ0v) is 12.6. The molecule has 7 heteroatoms. The van der Waals surface area contributed by atoms with Crippen molar-refractivity contribution < 1.29 is 8.42 Å². The molecule has 2 rings (SSSR count). The normalized spacial score (nSPS) is 23.4. The Morgan fingerprint density at radius 3 is 2.32 bits per heavy atom. The molecule has 1 saturated heterocycles. The van der Waals surface area contributed by atoms with Gasteiger partial charge in [0.25, 0.3) is 10.0 Å². The number of sulfonamides is 1. The van der Waals surface area contributed by atoms with E-state index in [1.54, 1.807) is 0 Å². The second-order valence-corrected chi connectivity index (χ2v) is 8.22. The highest BCUT2D eigenvalue weighted by molar-refractivity contribution is 7.89. The van der Waals surface area contributed by atoms with Crippen molar-refractivity contribution in [3.05, 3.63) is 12.5 Å². The minimum Gasteiger partial charge on any atom is -0.335 e. The Morgan fingerprint density at radius 1 is 1.26 bits per heavy atom. The van der Waals surface area contributed by atoms with Gasteiger partial charge in [-0.3, -0.25) is 0 Å². The number of nitrogens with zero attached hydrogens (tertiary/aromatic N) is 1. The second kappa shape index (κ2) is 4.57. The highest BCUT2D eigenvalue weighted by atomic mass is 32.2. The summed E-state index contributed by atoms with van der Waals surface area (Å²) < 4.78 is 27.1. The van der Waals surface area contributed by atoms with E-state index in [1.807, 2.05) is 0 Å². The van der Waals surface area contributed by atoms with Gasteiger partial charge >= 0.3 is 0 Å². The number of nitrogens with one attached hydrogen (secondary N) is 3. The van der Waals surface area contributed by atoms with Crippen molar-refractivity contribution in [2.75, 3.05) is 0 Å². The molecular formula is C12H22N4O2S. The Balaban J connectivity index is 2.15. The van der Waals surface area contributed by atoms with Crippen molar-refractivity contribution in [3.63, 3.8) is 0 Å². The Labute approximate surface area is 114 Å². The van der Waals surface area contributed by atoms with E-state index in [1.165, 1.54) is 12.5 Å². The molecule has 1 aromatic heterocycles. The van der Waals surface area contributed by atoms with Gasteiger partial charge in [-0.05, 0) is 40.5 Å². The van der Waals surface area contributed by atoms with Gasteiger partial charge in [0.15, 0.2) is 5.03 Å². The average molecular weight is 286 g/mol. The quantitative estimate of drug-likeness (QED) is 0.773. The summed E-state index contributed by atoms with van der Waals surface area (Å²) in [6, 6.07) is -0.0838. The van der Waals surface area contributed by atoms with Crippen LogP contribution < -0.4 is 10.0 Å². The summed E-state index contributed by atoms with van der Waals surface area (Å²) in [5, 5.41) is 3.64. The van der Waals surface area contributed by atoms with E-state index >= 15 is 0 Å². The summed E-state index contributed by atoms with van der Waals surface area (Å²) in [6.07, 6.45) is 4.19. The smallest absolute Gasteiger partial charge is 0.257 e. The molecule has 0 aliphatic carbocycles. The van der Waals surface area contributed by atoms with E-state index in [0.717, 1.165) is 12.8 Å². The summed E-state index contributed by atoms with van der Waals surface area (Å²) in [6.45, 7) is 8.35. The number of hydrogen-bond acceptors (Lipinski definition) is 4. The van der Waals surface area contributed by atoms with Crippen LogP contribution in [0.15, 0.2) is 17.6 Å². The molecule has 0 unspecified atom stereocenters. The molecule has 1 fully saturated rings. The number of aromatic amines is 1. The lowest BCUT2D eigenvalue weighted by Crippen LogP contribution is -2.62. The summed E-state index contributed by atoms with van der Waals surface area (Å²) in [4.78, 5) is 6.38. The van der Waals surface area contributed by atoms with Crippen LogP contribution in [0.3, 0.4) is 0 Å². The third kappa shape index (κ3) is 3.55. The summed E-state index contributed by atoms with van der Waals surface area (Å²) in [7, 11) is -3.51. The molecule has 6 nitrogen and oxygen atoms in total. The Kier molecular flexibility index (Phi) is 3.49. The molecule has 0 aromatic carbocycles. The van der Waals surface area contributed by atoms with Crippen molar-refractivity contribution in [3.8, 4) is 0 Å². The zero-order valence-electron chi connectivity index (χ0n) is 11.8. The van der Waals surface area contributed by atoms with Gasteiger partial charge in [-0.15, -0.1) is 0 Å². The van der Waals surface area contributed by atoms with Gasteiger partial charge in [-0.25, -0.2) is 18.1 Å². The van der Waals surface area contributed by atoms with Crippen molar-refractivity contribution >= 4 is 10.0 Å². The van der Waals surface area contributed by atoms with E-state index in [-0.39, 0.29) is 22.1 Å². The molecule has 0 saturated carbocycles. The van der Waals surface area contributed by atoms with Crippen LogP contribution in [0.4, 0.5) is 0 Å². The van der Waals surface area contributed by atoms with Crippen LogP contribution in [-0.4, -0.2) is 35.5 Å². The topological polar surface area (TPSA) is 86.9 Å². The van der Waals surface area contributed by atoms with E-state index < -0.39 is 10.0 Å². The van der Waals surface area contributed by atoms with Gasteiger partial charge < -0.3 is 10.3 Å². The zero-order chi connectivity index (χ0) is 14.3. The fraction of sp³-hybridized carbons (Fsp3) is 0.750. The van der Waals surface area contributed by atoms with Gasteiger partial charge in [0.1, 0.15) is 0 Å². The first kappa shape index (κ1) is 14.5. The number of aromatic nitrogens is 2. The van der Waals surface area contributed by atoms with Crippen LogP contribution in [0.5, 0.6) is 0 Å². The fourth-order valence-electron chi connectivity index (χ4n) is 3.08. The summed E-state index contributed by atoms with van der Waals surface area (Å²) >= 11 is 0. The third-order valence-electron chi connectivity index (χ3n) is 3.27. The molecular weight excluding hydrogens is 264 g/mol. The maximum Gasteiger partial charge on any atom is 0.257 e. The van der Waals surface area contributed by atoms with Crippen LogP contribution >= 0.6 is 0 Å². The lowest BCUT2D eigenvalue weighted by Gasteiger charge is -2.46. The lowest BCUT2D eigenvalue weighted by molar-refractivity contribution is 0.157. The first-order valence-corrected chi connectivity index (χ1v) is 7.88. The molecule has 1 aliphatic heterocycles. The SMILES string of the molecule is CC1(C)CC(NS(=O)(=O)c2cnc[nH]2)CC(C)(C)N1. The molecule has 19 heavy (non-hydrogen) atoms. The maximum absolute atomic E-state index is 12.2. The van der Waals surface area contributed by atoms with E-state index in [9.17, 15) is 8.42 Å². The third-order valence-corrected chi connectivity index (χ3v) is 4.72. The van der Waals surface area contributed by atoms with Gasteiger partial charge in [0, 0.05) is 17.1 Å². The molecule has 0 spiro atoms. The van der Waals surface area contributed by atoms with Gasteiger partial charge in [-0.2, -0.15) is 0 Å². The summed E-state index contributed by atoms with van der Waals surface area (Å²) in [5.74, 6) is 0. The first-order valence-electron chi connectivity index (χ1n) is 6.40. The Hall–Kier alpha value is -0.920. The van der Waals surface area contributed by atoms with Crippen molar-refractivity contribution in [2.45, 2.75) is 62.7 Å². The van der Waals surface area contributed by atoms with Crippen LogP contribution in [0.1, 0.15) is 40.5 Å². The number of imidazole rings is 1. The molecule has 1 aromatic rings. The predicted octanol–water partition coefficient (Wildman–Crippen LogP) is 0.997. The van der Waals surface area contributed by atoms with Crippen molar-refractivity contribution in [2.24, 2.45) is 0 Å². The molecule has 1 aliphatic rings. The summed E-state index contributed by atoms with van der Waals surface area (Å²) in [5.41, 5.74) is -0.189. The van der Waals surface area contributed by atoms with Crippen molar-refractivity contribution in [1.29, 1.82) is 0 Å². The molecule has 0 bridgehead atoms. The van der Waals surface area contributed by atoms with Gasteiger partial charge in [0.05, 0.1) is 12.5 Å². The van der Waals surface area contributed by atoms with Crippen molar-refractivity contribution in [1.82, 2.24) is 20.0 Å². The first-order chi connectivity index (χ1) is 8.60. The Bertz CT molecular complexity index is 518.